The van der Waals surface area contributed by atoms with Crippen LogP contribution in [0.3, 0.4) is 0 Å². The van der Waals surface area contributed by atoms with Crippen molar-refractivity contribution in [2.24, 2.45) is 5.18 Å². The van der Waals surface area contributed by atoms with Gasteiger partial charge in [0, 0.05) is 0 Å². The molecule has 0 bridgehead atoms. The van der Waals surface area contributed by atoms with Gasteiger partial charge in [-0.25, -0.2) is 0 Å². The van der Waals surface area contributed by atoms with Crippen LogP contribution in [0.4, 0.5) is 0 Å². The molecule has 0 rings (SSSR count). The van der Waals surface area contributed by atoms with Crippen molar-refractivity contribution in [3.63, 3.8) is 0 Å². The molecule has 0 aliphatic rings. The van der Waals surface area contributed by atoms with Crippen molar-refractivity contribution >= 4 is 5.97 Å². The van der Waals surface area contributed by atoms with Crippen LogP contribution < -0.4 is 0 Å². The van der Waals surface area contributed by atoms with E-state index in [0.29, 0.717) is 12.3 Å². The number of nitrogens with zero attached hydrogens (tertiary/aromatic N) is 1. The van der Waals surface area contributed by atoms with Crippen molar-refractivity contribution in [1.29, 1.82) is 0 Å². The molecule has 0 saturated carbocycles. The minimum Gasteiger partial charge on any atom is -0.466 e. The molecule has 0 aromatic heterocycles. The van der Waals surface area contributed by atoms with E-state index in [1.54, 1.807) is 32.9 Å². The fourth-order valence-corrected chi connectivity index (χ4v) is 0.792. The Bertz CT molecular complexity index is 267. The highest BCUT2D eigenvalue weighted by molar-refractivity contribution is 5.72. The molecule has 0 aliphatic heterocycles. The summed E-state index contributed by atoms with van der Waals surface area (Å²) in [6.07, 6.45) is 3.51. The summed E-state index contributed by atoms with van der Waals surface area (Å²) < 4.78 is 4.76. The zero-order valence-electron chi connectivity index (χ0n) is 8.74. The first-order chi connectivity index (χ1) is 6.60. The second-order valence-electron chi connectivity index (χ2n) is 2.89. The summed E-state index contributed by atoms with van der Waals surface area (Å²) in [5.74, 6) is -0.258. The van der Waals surface area contributed by atoms with Gasteiger partial charge >= 0.3 is 5.97 Å². The van der Waals surface area contributed by atoms with E-state index in [9.17, 15) is 9.70 Å². The summed E-state index contributed by atoms with van der Waals surface area (Å²) in [6.45, 7) is 5.54. The molecule has 4 heteroatoms. The summed E-state index contributed by atoms with van der Waals surface area (Å²) in [5, 5.41) is 2.73. The summed E-state index contributed by atoms with van der Waals surface area (Å²) in [4.78, 5) is 21.0. The van der Waals surface area contributed by atoms with Crippen LogP contribution in [-0.2, 0) is 9.53 Å². The maximum Gasteiger partial charge on any atom is 0.309 e. The molecule has 0 spiro atoms. The second kappa shape index (κ2) is 7.00. The molecule has 78 valence electrons. The summed E-state index contributed by atoms with van der Waals surface area (Å²) in [5.41, 5.74) is 1.22. The first-order valence-electron chi connectivity index (χ1n) is 4.43. The van der Waals surface area contributed by atoms with Crippen molar-refractivity contribution in [3.8, 4) is 0 Å². The van der Waals surface area contributed by atoms with E-state index in [4.69, 9.17) is 4.74 Å². The maximum atomic E-state index is 11.0. The highest BCUT2D eigenvalue weighted by Gasteiger charge is 2.01. The first kappa shape index (κ1) is 12.6. The number of carbonyl (C=O) groups excluding carboxylic acids is 1. The average Bonchev–Trinajstić information content (AvgIpc) is 2.14. The lowest BCUT2D eigenvalue weighted by Crippen LogP contribution is -2.03. The van der Waals surface area contributed by atoms with Crippen molar-refractivity contribution in [1.82, 2.24) is 0 Å². The Labute approximate surface area is 83.6 Å². The molecule has 0 aromatic rings. The molecule has 0 unspecified atom stereocenters. The number of hydrogen-bond acceptors (Lipinski definition) is 4. The molecular formula is C10H15NO3. The van der Waals surface area contributed by atoms with Gasteiger partial charge < -0.3 is 4.74 Å². The van der Waals surface area contributed by atoms with Crippen LogP contribution in [0, 0.1) is 4.91 Å². The molecule has 0 atom stereocenters. The van der Waals surface area contributed by atoms with Crippen LogP contribution >= 0.6 is 0 Å². The molecule has 0 fully saturated rings. The number of ether oxygens (including phenoxy) is 1. The third-order valence-corrected chi connectivity index (χ3v) is 1.48. The van der Waals surface area contributed by atoms with Gasteiger partial charge in [0.2, 0.25) is 0 Å². The Morgan fingerprint density at radius 3 is 2.50 bits per heavy atom. The Balaban J connectivity index is 4.13. The number of rotatable bonds is 5. The SMILES string of the molecule is CCOC(=O)C/C(C)=C/C=C(\C)N=O. The standard InChI is InChI=1S/C10H15NO3/c1-4-14-10(12)7-8(2)5-6-9(3)11-13/h5-6H,4,7H2,1-3H3/b8-5+,9-6+. The van der Waals surface area contributed by atoms with Crippen LogP contribution in [0.5, 0.6) is 0 Å². The molecule has 0 aliphatic carbocycles. The van der Waals surface area contributed by atoms with E-state index in [0.717, 1.165) is 5.57 Å². The average molecular weight is 197 g/mol. The molecule has 4 nitrogen and oxygen atoms in total. The Hall–Kier alpha value is -1.45. The zero-order valence-corrected chi connectivity index (χ0v) is 8.74. The highest BCUT2D eigenvalue weighted by atomic mass is 16.5. The number of esters is 1. The maximum absolute atomic E-state index is 11.0. The lowest BCUT2D eigenvalue weighted by molar-refractivity contribution is -0.142. The van der Waals surface area contributed by atoms with Crippen LogP contribution in [0.25, 0.3) is 0 Å². The van der Waals surface area contributed by atoms with Crippen LogP contribution in [-0.4, -0.2) is 12.6 Å². The largest absolute Gasteiger partial charge is 0.466 e. The molecule has 0 saturated heterocycles. The van der Waals surface area contributed by atoms with Crippen LogP contribution in [0.15, 0.2) is 28.6 Å². The molecule has 14 heavy (non-hydrogen) atoms. The Morgan fingerprint density at radius 1 is 1.36 bits per heavy atom. The number of carbonyl (C=O) groups is 1. The smallest absolute Gasteiger partial charge is 0.309 e. The predicted octanol–water partition coefficient (Wildman–Crippen LogP) is 2.56. The normalized spacial score (nSPS) is 12.5. The third kappa shape index (κ3) is 6.11. The fraction of sp³-hybridized carbons (Fsp3) is 0.500. The topological polar surface area (TPSA) is 55.7 Å². The van der Waals surface area contributed by atoms with Crippen LogP contribution in [0.1, 0.15) is 27.2 Å². The first-order valence-corrected chi connectivity index (χ1v) is 4.43. The number of nitroso groups, excluding NO2 is 1. The monoisotopic (exact) mass is 197 g/mol. The van der Waals surface area contributed by atoms with E-state index in [1.807, 2.05) is 0 Å². The second-order valence-corrected chi connectivity index (χ2v) is 2.89. The van der Waals surface area contributed by atoms with Crippen molar-refractivity contribution in [2.45, 2.75) is 27.2 Å². The van der Waals surface area contributed by atoms with Gasteiger partial charge in [-0.2, -0.15) is 0 Å². The fourth-order valence-electron chi connectivity index (χ4n) is 0.792. The van der Waals surface area contributed by atoms with E-state index in [-0.39, 0.29) is 12.4 Å². The van der Waals surface area contributed by atoms with Gasteiger partial charge in [-0.1, -0.05) is 11.6 Å². The van der Waals surface area contributed by atoms with Crippen molar-refractivity contribution in [3.05, 3.63) is 28.3 Å². The minimum absolute atomic E-state index is 0.247. The quantitative estimate of drug-likeness (QED) is 0.386. The van der Waals surface area contributed by atoms with Gasteiger partial charge in [-0.3, -0.25) is 4.79 Å². The van der Waals surface area contributed by atoms with E-state index in [1.165, 1.54) is 0 Å². The molecule has 0 radical (unpaired) electrons. The molecule has 0 N–H and O–H groups in total. The van der Waals surface area contributed by atoms with Gasteiger partial charge in [-0.05, 0) is 32.0 Å². The summed E-state index contributed by atoms with van der Waals surface area (Å²) in [7, 11) is 0. The lowest BCUT2D eigenvalue weighted by Gasteiger charge is -2.00. The van der Waals surface area contributed by atoms with Crippen LogP contribution in [0.2, 0.25) is 0 Å². The highest BCUT2D eigenvalue weighted by Crippen LogP contribution is 2.04. The van der Waals surface area contributed by atoms with Crippen molar-refractivity contribution in [2.75, 3.05) is 6.61 Å². The van der Waals surface area contributed by atoms with Gasteiger partial charge in [0.15, 0.2) is 0 Å². The van der Waals surface area contributed by atoms with Gasteiger partial charge in [-0.15, -0.1) is 4.91 Å². The molecule has 0 amide bonds. The van der Waals surface area contributed by atoms with E-state index in [2.05, 4.69) is 5.18 Å². The molecule has 0 aromatic carbocycles. The van der Waals surface area contributed by atoms with Gasteiger partial charge in [0.25, 0.3) is 0 Å². The number of hydrogen-bond donors (Lipinski definition) is 0. The van der Waals surface area contributed by atoms with E-state index >= 15 is 0 Å². The number of allylic oxidation sites excluding steroid dienone is 3. The summed E-state index contributed by atoms with van der Waals surface area (Å²) >= 11 is 0. The molecule has 0 heterocycles. The Kier molecular flexibility index (Phi) is 6.28. The third-order valence-electron chi connectivity index (χ3n) is 1.48. The molecular weight excluding hydrogens is 182 g/mol. The minimum atomic E-state index is -0.258. The summed E-state index contributed by atoms with van der Waals surface area (Å²) in [6, 6.07) is 0. The van der Waals surface area contributed by atoms with E-state index < -0.39 is 0 Å². The van der Waals surface area contributed by atoms with Gasteiger partial charge in [0.05, 0.1) is 18.7 Å². The lowest BCUT2D eigenvalue weighted by atomic mass is 10.2. The Morgan fingerprint density at radius 2 is 2.00 bits per heavy atom. The zero-order chi connectivity index (χ0) is 11.0. The predicted molar refractivity (Wildman–Crippen MR) is 54.6 cm³/mol. The van der Waals surface area contributed by atoms with Crippen molar-refractivity contribution < 1.29 is 9.53 Å². The van der Waals surface area contributed by atoms with Gasteiger partial charge in [0.1, 0.15) is 0 Å².